The summed E-state index contributed by atoms with van der Waals surface area (Å²) in [6, 6.07) is 0.266. The van der Waals surface area contributed by atoms with Crippen LogP contribution in [0.4, 0.5) is 0 Å². The zero-order valence-corrected chi connectivity index (χ0v) is 10.4. The molecule has 0 bridgehead atoms. The van der Waals surface area contributed by atoms with Gasteiger partial charge in [0.1, 0.15) is 0 Å². The Morgan fingerprint density at radius 1 is 1.31 bits per heavy atom. The van der Waals surface area contributed by atoms with Crippen molar-refractivity contribution in [2.75, 3.05) is 19.3 Å². The van der Waals surface area contributed by atoms with E-state index in [1.807, 2.05) is 11.8 Å². The third-order valence-electron chi connectivity index (χ3n) is 3.44. The van der Waals surface area contributed by atoms with Crippen LogP contribution >= 0.6 is 11.8 Å². The normalized spacial score (nSPS) is 31.4. The van der Waals surface area contributed by atoms with E-state index in [1.54, 1.807) is 4.90 Å². The maximum atomic E-state index is 11.8. The van der Waals surface area contributed by atoms with Gasteiger partial charge in [-0.2, -0.15) is 11.8 Å². The van der Waals surface area contributed by atoms with Crippen molar-refractivity contribution in [3.63, 3.8) is 0 Å². The van der Waals surface area contributed by atoms with E-state index < -0.39 is 0 Å². The van der Waals surface area contributed by atoms with E-state index in [4.69, 9.17) is 0 Å². The zero-order chi connectivity index (χ0) is 11.5. The molecule has 2 unspecified atom stereocenters. The number of hydrogen-bond donors (Lipinski definition) is 1. The second-order valence-corrected chi connectivity index (χ2v) is 5.50. The maximum Gasteiger partial charge on any atom is 0.242 e. The summed E-state index contributed by atoms with van der Waals surface area (Å²) in [5.41, 5.74) is 0. The van der Waals surface area contributed by atoms with Crippen LogP contribution in [0.25, 0.3) is 0 Å². The molecule has 16 heavy (non-hydrogen) atoms. The Morgan fingerprint density at radius 2 is 2.06 bits per heavy atom. The molecular formula is C11H18N2O2S. The lowest BCUT2D eigenvalue weighted by atomic mass is 9.93. The number of carbonyl (C=O) groups is 2. The van der Waals surface area contributed by atoms with Crippen molar-refractivity contribution >= 4 is 23.6 Å². The molecule has 90 valence electrons. The van der Waals surface area contributed by atoms with Gasteiger partial charge >= 0.3 is 0 Å². The Bertz CT molecular complexity index is 296. The average molecular weight is 242 g/mol. The highest BCUT2D eigenvalue weighted by atomic mass is 32.2. The molecule has 2 rings (SSSR count). The number of hydrogen-bond acceptors (Lipinski definition) is 3. The van der Waals surface area contributed by atoms with Gasteiger partial charge in [-0.05, 0) is 19.1 Å². The minimum absolute atomic E-state index is 0.0231. The minimum atomic E-state index is -0.0231. The fraction of sp³-hybridized carbons (Fsp3) is 0.818. The summed E-state index contributed by atoms with van der Waals surface area (Å²) < 4.78 is 0. The molecule has 2 atom stereocenters. The number of rotatable bonds is 2. The molecule has 2 aliphatic rings. The fourth-order valence-electron chi connectivity index (χ4n) is 2.59. The van der Waals surface area contributed by atoms with Gasteiger partial charge in [0.25, 0.3) is 0 Å². The fourth-order valence-corrected chi connectivity index (χ4v) is 3.59. The number of carbonyl (C=O) groups excluding carboxylic acids is 2. The summed E-state index contributed by atoms with van der Waals surface area (Å²) in [6.07, 6.45) is 6.72. The molecule has 1 heterocycles. The molecule has 1 saturated heterocycles. The summed E-state index contributed by atoms with van der Waals surface area (Å²) in [4.78, 5) is 24.9. The Morgan fingerprint density at radius 3 is 2.81 bits per heavy atom. The van der Waals surface area contributed by atoms with E-state index in [0.29, 0.717) is 5.25 Å². The maximum absolute atomic E-state index is 11.8. The molecule has 1 aliphatic heterocycles. The molecule has 4 nitrogen and oxygen atoms in total. The van der Waals surface area contributed by atoms with Crippen LogP contribution in [0, 0.1) is 0 Å². The first kappa shape index (κ1) is 11.8. The molecule has 0 aromatic carbocycles. The van der Waals surface area contributed by atoms with Crippen LogP contribution in [0.3, 0.4) is 0 Å². The number of amides is 2. The van der Waals surface area contributed by atoms with Gasteiger partial charge in [-0.15, -0.1) is 0 Å². The van der Waals surface area contributed by atoms with E-state index in [2.05, 4.69) is 11.6 Å². The smallest absolute Gasteiger partial charge is 0.242 e. The molecule has 2 fully saturated rings. The molecule has 1 aliphatic carbocycles. The van der Waals surface area contributed by atoms with E-state index >= 15 is 0 Å². The number of thioether (sulfide) groups is 1. The van der Waals surface area contributed by atoms with Crippen molar-refractivity contribution in [2.45, 2.75) is 37.0 Å². The Kier molecular flexibility index (Phi) is 3.74. The molecule has 2 amide bonds. The van der Waals surface area contributed by atoms with E-state index in [-0.39, 0.29) is 30.9 Å². The van der Waals surface area contributed by atoms with E-state index in [0.717, 1.165) is 12.8 Å². The summed E-state index contributed by atoms with van der Waals surface area (Å²) >= 11 is 1.83. The van der Waals surface area contributed by atoms with Crippen molar-refractivity contribution < 1.29 is 9.59 Å². The molecule has 1 N–H and O–H groups in total. The van der Waals surface area contributed by atoms with Crippen LogP contribution in [0.1, 0.15) is 25.7 Å². The van der Waals surface area contributed by atoms with Gasteiger partial charge in [-0.25, -0.2) is 0 Å². The van der Waals surface area contributed by atoms with Crippen LogP contribution in [-0.2, 0) is 9.59 Å². The summed E-state index contributed by atoms with van der Waals surface area (Å²) in [5.74, 6) is 0.0515. The molecule has 0 aromatic heterocycles. The van der Waals surface area contributed by atoms with Crippen LogP contribution in [0.5, 0.6) is 0 Å². The second-order valence-electron chi connectivity index (χ2n) is 4.42. The predicted molar refractivity (Wildman–Crippen MR) is 64.3 cm³/mol. The zero-order valence-electron chi connectivity index (χ0n) is 9.57. The predicted octanol–water partition coefficient (Wildman–Crippen LogP) is 0.619. The highest BCUT2D eigenvalue weighted by molar-refractivity contribution is 7.99. The summed E-state index contributed by atoms with van der Waals surface area (Å²) in [5, 5.41) is 3.10. The molecule has 0 radical (unpaired) electrons. The average Bonchev–Trinajstić information content (AvgIpc) is 2.32. The topological polar surface area (TPSA) is 49.4 Å². The number of nitrogens with one attached hydrogen (secondary N) is 1. The Labute approximate surface area is 100 Å². The lowest BCUT2D eigenvalue weighted by molar-refractivity contribution is -0.143. The third kappa shape index (κ3) is 2.34. The van der Waals surface area contributed by atoms with E-state index in [9.17, 15) is 9.59 Å². The largest absolute Gasteiger partial charge is 0.345 e. The molecule has 1 saturated carbocycles. The van der Waals surface area contributed by atoms with Gasteiger partial charge in [0.15, 0.2) is 0 Å². The van der Waals surface area contributed by atoms with Gasteiger partial charge < -0.3 is 10.2 Å². The van der Waals surface area contributed by atoms with Crippen molar-refractivity contribution in [2.24, 2.45) is 0 Å². The Balaban J connectivity index is 2.08. The second kappa shape index (κ2) is 5.08. The van der Waals surface area contributed by atoms with Crippen molar-refractivity contribution in [1.29, 1.82) is 0 Å². The Hall–Kier alpha value is -0.710. The number of piperazine rings is 1. The van der Waals surface area contributed by atoms with Crippen molar-refractivity contribution in [1.82, 2.24) is 10.2 Å². The van der Waals surface area contributed by atoms with Crippen LogP contribution in [0.15, 0.2) is 0 Å². The highest BCUT2D eigenvalue weighted by Gasteiger charge is 2.35. The first-order valence-corrected chi connectivity index (χ1v) is 7.10. The molecule has 0 spiro atoms. The van der Waals surface area contributed by atoms with Crippen LogP contribution in [0.2, 0.25) is 0 Å². The standard InChI is InChI=1S/C11H18N2O2S/c1-16-9-5-3-2-4-8(9)13-7-10(14)12-6-11(13)15/h8-9H,2-7H2,1H3,(H,12,14). The SMILES string of the molecule is CSC1CCCCC1N1CC(=O)NCC1=O. The minimum Gasteiger partial charge on any atom is -0.345 e. The highest BCUT2D eigenvalue weighted by Crippen LogP contribution is 2.31. The number of nitrogens with zero attached hydrogens (tertiary/aromatic N) is 1. The quantitative estimate of drug-likeness (QED) is 0.772. The van der Waals surface area contributed by atoms with Gasteiger partial charge in [0, 0.05) is 11.3 Å². The summed E-state index contributed by atoms with van der Waals surface area (Å²) in [6.45, 7) is 0.428. The lowest BCUT2D eigenvalue weighted by Crippen LogP contribution is -2.58. The van der Waals surface area contributed by atoms with Gasteiger partial charge in [0.2, 0.25) is 11.8 Å². The van der Waals surface area contributed by atoms with Gasteiger partial charge in [-0.1, -0.05) is 12.8 Å². The van der Waals surface area contributed by atoms with Gasteiger partial charge in [-0.3, -0.25) is 9.59 Å². The van der Waals surface area contributed by atoms with E-state index in [1.165, 1.54) is 12.8 Å². The lowest BCUT2D eigenvalue weighted by Gasteiger charge is -2.40. The molecule has 0 aromatic rings. The summed E-state index contributed by atoms with van der Waals surface area (Å²) in [7, 11) is 0. The van der Waals surface area contributed by atoms with Crippen LogP contribution in [-0.4, -0.2) is 47.4 Å². The molecule has 5 heteroatoms. The molecular weight excluding hydrogens is 224 g/mol. The van der Waals surface area contributed by atoms with Gasteiger partial charge in [0.05, 0.1) is 13.1 Å². The third-order valence-corrected chi connectivity index (χ3v) is 4.60. The first-order chi connectivity index (χ1) is 7.72. The van der Waals surface area contributed by atoms with Crippen molar-refractivity contribution in [3.8, 4) is 0 Å². The van der Waals surface area contributed by atoms with Crippen LogP contribution < -0.4 is 5.32 Å². The van der Waals surface area contributed by atoms with Crippen molar-refractivity contribution in [3.05, 3.63) is 0 Å². The monoisotopic (exact) mass is 242 g/mol. The first-order valence-electron chi connectivity index (χ1n) is 5.81.